The van der Waals surface area contributed by atoms with Crippen LogP contribution in [0.3, 0.4) is 0 Å². The van der Waals surface area contributed by atoms with Gasteiger partial charge in [0.1, 0.15) is 12.3 Å². The van der Waals surface area contributed by atoms with Gasteiger partial charge in [0.2, 0.25) is 5.91 Å². The summed E-state index contributed by atoms with van der Waals surface area (Å²) >= 11 is 0. The van der Waals surface area contributed by atoms with Gasteiger partial charge in [-0.2, -0.15) is 0 Å². The third kappa shape index (κ3) is 3.90. The Kier molecular flexibility index (Phi) is 4.26. The summed E-state index contributed by atoms with van der Waals surface area (Å²) in [6, 6.07) is 5.65. The monoisotopic (exact) mass is 235 g/mol. The van der Waals surface area contributed by atoms with E-state index in [1.165, 1.54) is 11.8 Å². The van der Waals surface area contributed by atoms with Crippen LogP contribution in [-0.4, -0.2) is 30.4 Å². The van der Waals surface area contributed by atoms with Crippen molar-refractivity contribution in [3.63, 3.8) is 0 Å². The molecular weight excluding hydrogens is 218 g/mol. The van der Waals surface area contributed by atoms with E-state index in [9.17, 15) is 9.59 Å². The van der Waals surface area contributed by atoms with Crippen molar-refractivity contribution in [1.29, 1.82) is 0 Å². The van der Waals surface area contributed by atoms with E-state index in [1.807, 2.05) is 26.0 Å². The van der Waals surface area contributed by atoms with Gasteiger partial charge in [-0.15, -0.1) is 0 Å². The van der Waals surface area contributed by atoms with Crippen LogP contribution >= 0.6 is 0 Å². The van der Waals surface area contributed by atoms with E-state index in [0.29, 0.717) is 5.75 Å². The minimum absolute atomic E-state index is 0.0390. The van der Waals surface area contributed by atoms with E-state index in [1.54, 1.807) is 13.1 Å². The van der Waals surface area contributed by atoms with Gasteiger partial charge < -0.3 is 9.64 Å². The zero-order valence-corrected chi connectivity index (χ0v) is 10.6. The predicted octanol–water partition coefficient (Wildman–Crippen LogP) is 1.69. The highest BCUT2D eigenvalue weighted by atomic mass is 16.5. The summed E-state index contributed by atoms with van der Waals surface area (Å²) in [5.41, 5.74) is 1.92. The first-order valence-corrected chi connectivity index (χ1v) is 5.40. The normalized spacial score (nSPS) is 9.88. The van der Waals surface area contributed by atoms with Gasteiger partial charge in [-0.25, -0.2) is 4.79 Å². The van der Waals surface area contributed by atoms with Crippen molar-refractivity contribution >= 4 is 11.9 Å². The molecule has 0 fully saturated rings. The number of rotatable bonds is 3. The Morgan fingerprint density at radius 1 is 1.29 bits per heavy atom. The molecule has 4 heteroatoms. The number of nitrogens with zero attached hydrogens (tertiary/aromatic N) is 1. The highest BCUT2D eigenvalue weighted by Gasteiger charge is 2.12. The minimum Gasteiger partial charge on any atom is -0.425 e. The van der Waals surface area contributed by atoms with Crippen molar-refractivity contribution < 1.29 is 14.3 Å². The Morgan fingerprint density at radius 3 is 2.53 bits per heavy atom. The molecule has 1 amide bonds. The Morgan fingerprint density at radius 2 is 1.94 bits per heavy atom. The Labute approximate surface area is 101 Å². The molecule has 0 radical (unpaired) electrons. The second-order valence-corrected chi connectivity index (χ2v) is 4.12. The lowest BCUT2D eigenvalue weighted by Crippen LogP contribution is -2.32. The summed E-state index contributed by atoms with van der Waals surface area (Å²) < 4.78 is 5.21. The molecular formula is C13H17NO3. The molecule has 4 nitrogen and oxygen atoms in total. The SMILES string of the molecule is CC(=O)N(C)CC(=O)Oc1cc(C)ccc1C. The number of hydrogen-bond donors (Lipinski definition) is 0. The van der Waals surface area contributed by atoms with E-state index >= 15 is 0 Å². The largest absolute Gasteiger partial charge is 0.425 e. The predicted molar refractivity (Wildman–Crippen MR) is 64.9 cm³/mol. The first-order valence-electron chi connectivity index (χ1n) is 5.40. The molecule has 0 bridgehead atoms. The topological polar surface area (TPSA) is 46.6 Å². The van der Waals surface area contributed by atoms with Crippen LogP contribution in [-0.2, 0) is 9.59 Å². The number of ether oxygens (including phenoxy) is 1. The van der Waals surface area contributed by atoms with Gasteiger partial charge in [0.15, 0.2) is 0 Å². The lowest BCUT2D eigenvalue weighted by molar-refractivity contribution is -0.140. The van der Waals surface area contributed by atoms with Gasteiger partial charge in [-0.05, 0) is 31.0 Å². The summed E-state index contributed by atoms with van der Waals surface area (Å²) in [6.45, 7) is 5.17. The van der Waals surface area contributed by atoms with Crippen LogP contribution in [0.2, 0.25) is 0 Å². The zero-order valence-electron chi connectivity index (χ0n) is 10.6. The molecule has 0 saturated carbocycles. The molecule has 0 aliphatic rings. The average Bonchev–Trinajstić information content (AvgIpc) is 2.23. The van der Waals surface area contributed by atoms with E-state index < -0.39 is 5.97 Å². The molecule has 0 N–H and O–H groups in total. The van der Waals surface area contributed by atoms with E-state index in [0.717, 1.165) is 11.1 Å². The summed E-state index contributed by atoms with van der Waals surface area (Å²) in [6.07, 6.45) is 0. The number of esters is 1. The highest BCUT2D eigenvalue weighted by Crippen LogP contribution is 2.19. The van der Waals surface area contributed by atoms with E-state index in [2.05, 4.69) is 0 Å². The number of carbonyl (C=O) groups is 2. The average molecular weight is 235 g/mol. The fraction of sp³-hybridized carbons (Fsp3) is 0.385. The van der Waals surface area contributed by atoms with Gasteiger partial charge in [0, 0.05) is 14.0 Å². The molecule has 0 saturated heterocycles. The molecule has 0 unspecified atom stereocenters. The molecule has 0 heterocycles. The van der Waals surface area contributed by atoms with Crippen LogP contribution in [0.5, 0.6) is 5.75 Å². The highest BCUT2D eigenvalue weighted by molar-refractivity contribution is 5.81. The minimum atomic E-state index is -0.434. The first kappa shape index (κ1) is 13.2. The molecule has 17 heavy (non-hydrogen) atoms. The molecule has 0 aromatic heterocycles. The summed E-state index contributed by atoms with van der Waals surface area (Å²) in [4.78, 5) is 23.9. The van der Waals surface area contributed by atoms with Crippen LogP contribution in [0, 0.1) is 13.8 Å². The molecule has 1 aromatic rings. The van der Waals surface area contributed by atoms with Crippen LogP contribution in [0.25, 0.3) is 0 Å². The van der Waals surface area contributed by atoms with Gasteiger partial charge in [-0.3, -0.25) is 4.79 Å². The molecule has 0 spiro atoms. The standard InChI is InChI=1S/C13H17NO3/c1-9-5-6-10(2)12(7-9)17-13(16)8-14(4)11(3)15/h5-7H,8H2,1-4H3. The summed E-state index contributed by atoms with van der Waals surface area (Å²) in [5, 5.41) is 0. The quantitative estimate of drug-likeness (QED) is 0.591. The van der Waals surface area contributed by atoms with Crippen LogP contribution < -0.4 is 4.74 Å². The van der Waals surface area contributed by atoms with Gasteiger partial charge in [0.05, 0.1) is 0 Å². The van der Waals surface area contributed by atoms with Gasteiger partial charge in [-0.1, -0.05) is 12.1 Å². The second-order valence-electron chi connectivity index (χ2n) is 4.12. The third-order valence-electron chi connectivity index (χ3n) is 2.47. The maximum Gasteiger partial charge on any atom is 0.331 e. The zero-order chi connectivity index (χ0) is 13.0. The van der Waals surface area contributed by atoms with E-state index in [-0.39, 0.29) is 12.5 Å². The Bertz CT molecular complexity index is 440. The third-order valence-corrected chi connectivity index (χ3v) is 2.47. The fourth-order valence-electron chi connectivity index (χ4n) is 1.28. The van der Waals surface area contributed by atoms with Crippen molar-refractivity contribution in [2.24, 2.45) is 0 Å². The van der Waals surface area contributed by atoms with Crippen molar-refractivity contribution in [1.82, 2.24) is 4.90 Å². The maximum absolute atomic E-state index is 11.6. The Hall–Kier alpha value is -1.84. The number of amides is 1. The number of aryl methyl sites for hydroxylation is 2. The van der Waals surface area contributed by atoms with Crippen molar-refractivity contribution in [3.8, 4) is 5.75 Å². The first-order chi connectivity index (χ1) is 7.90. The molecule has 92 valence electrons. The van der Waals surface area contributed by atoms with E-state index in [4.69, 9.17) is 4.74 Å². The molecule has 1 rings (SSSR count). The number of hydrogen-bond acceptors (Lipinski definition) is 3. The van der Waals surface area contributed by atoms with Crippen LogP contribution in [0.4, 0.5) is 0 Å². The van der Waals surface area contributed by atoms with Crippen LogP contribution in [0.15, 0.2) is 18.2 Å². The van der Waals surface area contributed by atoms with Crippen molar-refractivity contribution in [3.05, 3.63) is 29.3 Å². The van der Waals surface area contributed by atoms with Crippen molar-refractivity contribution in [2.45, 2.75) is 20.8 Å². The van der Waals surface area contributed by atoms with Crippen LogP contribution in [0.1, 0.15) is 18.1 Å². The Balaban J connectivity index is 2.68. The molecule has 1 aromatic carbocycles. The summed E-state index contributed by atoms with van der Waals surface area (Å²) in [5.74, 6) is -0.0498. The lowest BCUT2D eigenvalue weighted by Gasteiger charge is -2.14. The number of benzene rings is 1. The fourth-order valence-corrected chi connectivity index (χ4v) is 1.28. The van der Waals surface area contributed by atoms with Gasteiger partial charge in [0.25, 0.3) is 0 Å². The summed E-state index contributed by atoms with van der Waals surface area (Å²) in [7, 11) is 1.56. The van der Waals surface area contributed by atoms with Gasteiger partial charge >= 0.3 is 5.97 Å². The molecule has 0 aliphatic carbocycles. The van der Waals surface area contributed by atoms with Crippen molar-refractivity contribution in [2.75, 3.05) is 13.6 Å². The molecule has 0 aliphatic heterocycles. The molecule has 0 atom stereocenters. The second kappa shape index (κ2) is 5.48. The number of likely N-dealkylation sites (N-methyl/N-ethyl adjacent to an activating group) is 1. The lowest BCUT2D eigenvalue weighted by atomic mass is 10.1. The maximum atomic E-state index is 11.6. The number of carbonyl (C=O) groups excluding carboxylic acids is 2. The smallest absolute Gasteiger partial charge is 0.331 e.